The molecule has 1 atom stereocenters. The molecule has 7 rings (SSSR count). The lowest BCUT2D eigenvalue weighted by atomic mass is 9.95. The number of aromatic nitrogens is 1. The van der Waals surface area contributed by atoms with Crippen molar-refractivity contribution in [2.75, 3.05) is 10.2 Å². The quantitative estimate of drug-likeness (QED) is 0.274. The molecule has 222 valence electrons. The molecule has 2 aliphatic heterocycles. The minimum atomic E-state index is -0.906. The van der Waals surface area contributed by atoms with Gasteiger partial charge in [0.2, 0.25) is 0 Å². The third-order valence-corrected chi connectivity index (χ3v) is 9.17. The monoisotopic (exact) mass is 634 g/mol. The molecule has 0 fully saturated rings. The Kier molecular flexibility index (Phi) is 7.27. The molecule has 0 saturated heterocycles. The Bertz CT molecular complexity index is 2210. The van der Waals surface area contributed by atoms with Gasteiger partial charge in [0.15, 0.2) is 4.80 Å². The lowest BCUT2D eigenvalue weighted by Crippen LogP contribution is -2.41. The molecule has 1 aromatic heterocycles. The number of carbonyl (C=O) groups excluding carboxylic acids is 2. The number of para-hydroxylation sites is 2. The number of rotatable bonds is 5. The van der Waals surface area contributed by atoms with Gasteiger partial charge in [0.25, 0.3) is 17.4 Å². The molecular weight excluding hydrogens is 611 g/mol. The Morgan fingerprint density at radius 2 is 1.62 bits per heavy atom. The third-order valence-electron chi connectivity index (χ3n) is 7.86. The largest absolute Gasteiger partial charge is 0.322 e. The number of anilines is 2. The zero-order chi connectivity index (χ0) is 31.2. The smallest absolute Gasteiger partial charge is 0.271 e. The molecule has 0 unspecified atom stereocenters. The number of carbonyl (C=O) groups is 2. The van der Waals surface area contributed by atoms with Gasteiger partial charge in [-0.3, -0.25) is 19.0 Å². The van der Waals surface area contributed by atoms with E-state index in [4.69, 9.17) is 11.6 Å². The van der Waals surface area contributed by atoms with Gasteiger partial charge in [0.1, 0.15) is 10.3 Å². The molecule has 10 heteroatoms. The highest BCUT2D eigenvalue weighted by Crippen LogP contribution is 2.37. The number of fused-ring (bicyclic) bond motifs is 2. The second-order valence-corrected chi connectivity index (χ2v) is 12.1. The summed E-state index contributed by atoms with van der Waals surface area (Å²) in [5.41, 5.74) is 3.79. The van der Waals surface area contributed by atoms with E-state index in [0.717, 1.165) is 16.9 Å². The number of nitrogens with zero attached hydrogens (tertiary/aromatic N) is 3. The van der Waals surface area contributed by atoms with Gasteiger partial charge in [0.05, 0.1) is 35.1 Å². The zero-order valence-electron chi connectivity index (χ0n) is 23.8. The molecular formula is C35H24ClFN4O3S. The van der Waals surface area contributed by atoms with Crippen LogP contribution in [0, 0.1) is 5.82 Å². The topological polar surface area (TPSA) is 83.8 Å². The summed E-state index contributed by atoms with van der Waals surface area (Å²) >= 11 is 7.18. The minimum Gasteiger partial charge on any atom is -0.322 e. The fraction of sp³-hybridized carbons (Fsp3) is 0.0857. The first-order valence-corrected chi connectivity index (χ1v) is 15.3. The minimum absolute atomic E-state index is 0.217. The van der Waals surface area contributed by atoms with E-state index >= 15 is 0 Å². The molecule has 4 aromatic carbocycles. The maximum Gasteiger partial charge on any atom is 0.271 e. The van der Waals surface area contributed by atoms with Gasteiger partial charge in [-0.05, 0) is 60.5 Å². The normalized spacial score (nSPS) is 16.7. The van der Waals surface area contributed by atoms with Crippen molar-refractivity contribution in [1.29, 1.82) is 0 Å². The highest BCUT2D eigenvalue weighted by Gasteiger charge is 2.37. The Morgan fingerprint density at radius 3 is 2.36 bits per heavy atom. The Hall–Kier alpha value is -5.12. The number of nitrogens with one attached hydrogen (secondary N) is 1. The predicted molar refractivity (Wildman–Crippen MR) is 173 cm³/mol. The van der Waals surface area contributed by atoms with Gasteiger partial charge in [-0.15, -0.1) is 0 Å². The van der Waals surface area contributed by atoms with Crippen LogP contribution in [0.3, 0.4) is 0 Å². The number of hydrogen-bond acceptors (Lipinski definition) is 5. The summed E-state index contributed by atoms with van der Waals surface area (Å²) in [6.07, 6.45) is 0. The van der Waals surface area contributed by atoms with E-state index in [0.29, 0.717) is 38.0 Å². The van der Waals surface area contributed by atoms with E-state index in [1.54, 1.807) is 60.4 Å². The van der Waals surface area contributed by atoms with Crippen molar-refractivity contribution in [2.45, 2.75) is 19.5 Å². The van der Waals surface area contributed by atoms with Crippen LogP contribution >= 0.6 is 22.9 Å². The SMILES string of the molecule is CC1=C(C(=O)Nc2ccccc2)[C@@H](c2ccc(F)cc2)n2c(s/c(=C3/C(=O)N(Cc4ccc(Cl)cc4)c4ccccc43)c2=O)=N1. The molecule has 45 heavy (non-hydrogen) atoms. The van der Waals surface area contributed by atoms with E-state index < -0.39 is 23.3 Å². The van der Waals surface area contributed by atoms with E-state index in [1.807, 2.05) is 42.5 Å². The molecule has 1 N–H and O–H groups in total. The van der Waals surface area contributed by atoms with E-state index in [9.17, 15) is 18.8 Å². The van der Waals surface area contributed by atoms with Crippen LogP contribution in [0.1, 0.15) is 29.7 Å². The van der Waals surface area contributed by atoms with Crippen LogP contribution in [0.5, 0.6) is 0 Å². The van der Waals surface area contributed by atoms with E-state index in [2.05, 4.69) is 10.3 Å². The molecule has 3 heterocycles. The van der Waals surface area contributed by atoms with Crippen LogP contribution in [-0.4, -0.2) is 16.4 Å². The molecule has 0 saturated carbocycles. The molecule has 0 radical (unpaired) electrons. The Labute approximate surface area is 265 Å². The molecule has 2 aliphatic rings. The van der Waals surface area contributed by atoms with Gasteiger partial charge in [-0.1, -0.05) is 83.6 Å². The summed E-state index contributed by atoms with van der Waals surface area (Å²) in [6.45, 7) is 2.00. The van der Waals surface area contributed by atoms with Crippen molar-refractivity contribution in [3.05, 3.63) is 162 Å². The van der Waals surface area contributed by atoms with Crippen molar-refractivity contribution >= 4 is 51.7 Å². The molecule has 0 aliphatic carbocycles. The molecule has 2 amide bonds. The van der Waals surface area contributed by atoms with Crippen LogP contribution in [0.25, 0.3) is 5.57 Å². The maximum absolute atomic E-state index is 14.4. The van der Waals surface area contributed by atoms with Gasteiger partial charge in [0, 0.05) is 16.3 Å². The molecule has 0 spiro atoms. The summed E-state index contributed by atoms with van der Waals surface area (Å²) in [5, 5.41) is 3.49. The van der Waals surface area contributed by atoms with E-state index in [-0.39, 0.29) is 28.1 Å². The van der Waals surface area contributed by atoms with Crippen molar-refractivity contribution < 1.29 is 14.0 Å². The van der Waals surface area contributed by atoms with Crippen molar-refractivity contribution in [1.82, 2.24) is 4.57 Å². The summed E-state index contributed by atoms with van der Waals surface area (Å²) in [7, 11) is 0. The lowest BCUT2D eigenvalue weighted by molar-refractivity contribution is -0.114. The second-order valence-electron chi connectivity index (χ2n) is 10.7. The number of benzene rings is 4. The van der Waals surface area contributed by atoms with Gasteiger partial charge in [-0.2, -0.15) is 0 Å². The number of allylic oxidation sites excluding steroid dienone is 1. The average molecular weight is 635 g/mol. The van der Waals surface area contributed by atoms with Crippen LogP contribution in [0.4, 0.5) is 15.8 Å². The number of halogens is 2. The first kappa shape index (κ1) is 28.6. The Morgan fingerprint density at radius 1 is 0.933 bits per heavy atom. The number of hydrogen-bond donors (Lipinski definition) is 1. The summed E-state index contributed by atoms with van der Waals surface area (Å²) < 4.78 is 15.7. The standard InChI is InChI=1S/C35H24ClFN4O3S/c1-20-28(32(42)39-25-7-3-2-4-8-25)30(22-13-17-24(37)18-14-22)41-34(44)31(45-35(41)38-20)29-26-9-5-6-10-27(26)40(33(29)43)19-21-11-15-23(36)16-12-21/h2-18,30H,19H2,1H3,(H,39,42)/b31-29+/t30-/m1/s1. The fourth-order valence-corrected chi connectivity index (χ4v) is 7.03. The first-order chi connectivity index (χ1) is 21.8. The maximum atomic E-state index is 14.4. The van der Waals surface area contributed by atoms with Crippen LogP contribution in [0.15, 0.2) is 124 Å². The van der Waals surface area contributed by atoms with Crippen molar-refractivity contribution in [3.63, 3.8) is 0 Å². The number of amides is 2. The molecule has 0 bridgehead atoms. The van der Waals surface area contributed by atoms with Crippen LogP contribution in [0.2, 0.25) is 5.02 Å². The second kappa shape index (κ2) is 11.4. The zero-order valence-corrected chi connectivity index (χ0v) is 25.4. The summed E-state index contributed by atoms with van der Waals surface area (Å²) in [4.78, 5) is 49.0. The highest BCUT2D eigenvalue weighted by molar-refractivity contribution is 7.07. The number of thiazole rings is 1. The highest BCUT2D eigenvalue weighted by atomic mass is 35.5. The lowest BCUT2D eigenvalue weighted by Gasteiger charge is -2.25. The summed E-state index contributed by atoms with van der Waals surface area (Å²) in [6, 6.07) is 28.4. The Balaban J connectivity index is 1.40. The third kappa shape index (κ3) is 5.09. The van der Waals surface area contributed by atoms with E-state index in [1.165, 1.54) is 16.7 Å². The van der Waals surface area contributed by atoms with Crippen LogP contribution in [-0.2, 0) is 16.1 Å². The average Bonchev–Trinajstić information content (AvgIpc) is 3.50. The first-order valence-electron chi connectivity index (χ1n) is 14.1. The fourth-order valence-electron chi connectivity index (χ4n) is 5.77. The molecule has 5 aromatic rings. The van der Waals surface area contributed by atoms with Crippen molar-refractivity contribution in [3.8, 4) is 0 Å². The predicted octanol–water partition coefficient (Wildman–Crippen LogP) is 5.58. The van der Waals surface area contributed by atoms with Crippen molar-refractivity contribution in [2.24, 2.45) is 4.99 Å². The van der Waals surface area contributed by atoms with Crippen LogP contribution < -0.4 is 25.1 Å². The van der Waals surface area contributed by atoms with Gasteiger partial charge < -0.3 is 10.2 Å². The summed E-state index contributed by atoms with van der Waals surface area (Å²) in [5.74, 6) is -1.20. The van der Waals surface area contributed by atoms with Gasteiger partial charge >= 0.3 is 0 Å². The van der Waals surface area contributed by atoms with Gasteiger partial charge in [-0.25, -0.2) is 9.38 Å². The molecule has 7 nitrogen and oxygen atoms in total.